The molecule has 29 heavy (non-hydrogen) atoms. The summed E-state index contributed by atoms with van der Waals surface area (Å²) in [5.74, 6) is 0.212. The monoisotopic (exact) mass is 400 g/mol. The van der Waals surface area contributed by atoms with Crippen molar-refractivity contribution in [3.63, 3.8) is 0 Å². The summed E-state index contributed by atoms with van der Waals surface area (Å²) >= 11 is 1.72. The van der Waals surface area contributed by atoms with Crippen molar-refractivity contribution < 1.29 is 4.79 Å². The number of rotatable bonds is 2. The van der Waals surface area contributed by atoms with E-state index in [0.29, 0.717) is 12.2 Å². The maximum atomic E-state index is 13.5. The Morgan fingerprint density at radius 3 is 2.62 bits per heavy atom. The predicted molar refractivity (Wildman–Crippen MR) is 121 cm³/mol. The van der Waals surface area contributed by atoms with Crippen LogP contribution in [0.25, 0.3) is 0 Å². The lowest BCUT2D eigenvalue weighted by Gasteiger charge is -2.33. The summed E-state index contributed by atoms with van der Waals surface area (Å²) in [5.41, 5.74) is 6.69. The molecule has 0 saturated carbocycles. The van der Waals surface area contributed by atoms with Crippen molar-refractivity contribution >= 4 is 28.5 Å². The summed E-state index contributed by atoms with van der Waals surface area (Å²) in [6, 6.07) is 18.8. The van der Waals surface area contributed by atoms with Crippen LogP contribution in [0.5, 0.6) is 0 Å². The molecule has 0 amide bonds. The smallest absolute Gasteiger partial charge is 0.145 e. The molecular formula is C25H24N2OS. The summed E-state index contributed by atoms with van der Waals surface area (Å²) in [6.45, 7) is 4.24. The molecule has 3 unspecified atom stereocenters. The molecule has 3 aromatic rings. The molecule has 1 aliphatic heterocycles. The molecule has 3 nitrogen and oxygen atoms in total. The van der Waals surface area contributed by atoms with Crippen molar-refractivity contribution in [3.05, 3.63) is 93.3 Å². The third kappa shape index (κ3) is 3.28. The van der Waals surface area contributed by atoms with Gasteiger partial charge in [0.05, 0.1) is 23.3 Å². The van der Waals surface area contributed by atoms with E-state index in [9.17, 15) is 4.79 Å². The summed E-state index contributed by atoms with van der Waals surface area (Å²) in [4.78, 5) is 14.8. The number of carbonyl (C=O) groups is 1. The topological polar surface area (TPSA) is 41.1 Å². The van der Waals surface area contributed by atoms with E-state index in [1.54, 1.807) is 11.3 Å². The summed E-state index contributed by atoms with van der Waals surface area (Å²) in [6.07, 6.45) is 2.83. The van der Waals surface area contributed by atoms with Gasteiger partial charge in [-0.3, -0.25) is 4.79 Å². The van der Waals surface area contributed by atoms with Gasteiger partial charge in [0.1, 0.15) is 5.78 Å². The van der Waals surface area contributed by atoms with Gasteiger partial charge in [-0.2, -0.15) is 0 Å². The first-order valence-electron chi connectivity index (χ1n) is 10.1. The van der Waals surface area contributed by atoms with Gasteiger partial charge in [-0.1, -0.05) is 48.0 Å². The fourth-order valence-corrected chi connectivity index (χ4v) is 5.34. The predicted octanol–water partition coefficient (Wildman–Crippen LogP) is 6.20. The molecule has 0 bridgehead atoms. The molecule has 5 rings (SSSR count). The molecule has 2 aliphatic rings. The Bertz CT molecular complexity index is 1100. The van der Waals surface area contributed by atoms with Gasteiger partial charge in [-0.25, -0.2) is 0 Å². The van der Waals surface area contributed by atoms with E-state index in [2.05, 4.69) is 78.4 Å². The van der Waals surface area contributed by atoms with Crippen molar-refractivity contribution in [3.8, 4) is 0 Å². The van der Waals surface area contributed by atoms with Gasteiger partial charge in [-0.15, -0.1) is 11.3 Å². The van der Waals surface area contributed by atoms with Gasteiger partial charge >= 0.3 is 0 Å². The van der Waals surface area contributed by atoms with E-state index in [-0.39, 0.29) is 17.9 Å². The molecule has 1 aromatic heterocycles. The minimum absolute atomic E-state index is 0.0888. The number of hydrogen-bond acceptors (Lipinski definition) is 4. The molecule has 2 aromatic carbocycles. The summed E-state index contributed by atoms with van der Waals surface area (Å²) < 4.78 is 0. The number of ketones is 1. The minimum atomic E-state index is -0.223. The van der Waals surface area contributed by atoms with E-state index >= 15 is 0 Å². The molecule has 0 saturated heterocycles. The number of carbonyl (C=O) groups excluding carboxylic acids is 1. The largest absolute Gasteiger partial charge is 0.375 e. The zero-order valence-corrected chi connectivity index (χ0v) is 17.4. The molecule has 2 heterocycles. The van der Waals surface area contributed by atoms with Crippen molar-refractivity contribution in [2.24, 2.45) is 5.92 Å². The fourth-order valence-electron chi connectivity index (χ4n) is 4.54. The number of fused-ring (bicyclic) bond motifs is 2. The van der Waals surface area contributed by atoms with E-state index in [1.807, 2.05) is 12.1 Å². The Labute approximate surface area is 175 Å². The van der Waals surface area contributed by atoms with E-state index < -0.39 is 0 Å². The molecule has 0 spiro atoms. The number of thiophene rings is 1. The Hall–Kier alpha value is -2.85. The molecule has 1 aliphatic carbocycles. The van der Waals surface area contributed by atoms with Crippen LogP contribution in [0.15, 0.2) is 71.8 Å². The van der Waals surface area contributed by atoms with Crippen molar-refractivity contribution in [1.29, 1.82) is 0 Å². The second kappa shape index (κ2) is 7.20. The Kier molecular flexibility index (Phi) is 4.51. The third-order valence-electron chi connectivity index (χ3n) is 6.01. The SMILES string of the molecule is Cc1ccc(C)c(C2Nc3ccccc3NC3=CC(c4cccs4)CC(=O)C32)c1. The second-order valence-electron chi connectivity index (χ2n) is 8.04. The molecule has 3 atom stereocenters. The van der Waals surface area contributed by atoms with Crippen LogP contribution in [0.2, 0.25) is 0 Å². The number of aryl methyl sites for hydroxylation is 2. The van der Waals surface area contributed by atoms with Crippen LogP contribution >= 0.6 is 11.3 Å². The van der Waals surface area contributed by atoms with Crippen LogP contribution in [-0.2, 0) is 4.79 Å². The molecule has 2 N–H and O–H groups in total. The van der Waals surface area contributed by atoms with Crippen LogP contribution in [0.1, 0.15) is 39.9 Å². The van der Waals surface area contributed by atoms with Gasteiger partial charge in [-0.05, 0) is 48.6 Å². The fraction of sp³-hybridized carbons (Fsp3) is 0.240. The number of anilines is 2. The quantitative estimate of drug-likeness (QED) is 0.538. The zero-order chi connectivity index (χ0) is 20.0. The number of para-hydroxylation sites is 2. The lowest BCUT2D eigenvalue weighted by atomic mass is 9.77. The maximum Gasteiger partial charge on any atom is 0.145 e. The van der Waals surface area contributed by atoms with Crippen molar-refractivity contribution in [1.82, 2.24) is 0 Å². The first-order chi connectivity index (χ1) is 14.1. The van der Waals surface area contributed by atoms with Gasteiger partial charge in [0.15, 0.2) is 0 Å². The second-order valence-corrected chi connectivity index (χ2v) is 9.02. The maximum absolute atomic E-state index is 13.5. The van der Waals surface area contributed by atoms with Crippen LogP contribution in [0.3, 0.4) is 0 Å². The van der Waals surface area contributed by atoms with E-state index in [1.165, 1.54) is 21.6 Å². The number of nitrogens with one attached hydrogen (secondary N) is 2. The lowest BCUT2D eigenvalue weighted by Crippen LogP contribution is -2.34. The molecular weight excluding hydrogens is 376 g/mol. The highest BCUT2D eigenvalue weighted by atomic mass is 32.1. The lowest BCUT2D eigenvalue weighted by molar-refractivity contribution is -0.122. The zero-order valence-electron chi connectivity index (χ0n) is 16.6. The number of Topliss-reactive ketones (excluding diaryl/α,β-unsaturated/α-hetero) is 1. The van der Waals surface area contributed by atoms with Gasteiger partial charge in [0.2, 0.25) is 0 Å². The Balaban J connectivity index is 1.67. The van der Waals surface area contributed by atoms with E-state index in [4.69, 9.17) is 0 Å². The van der Waals surface area contributed by atoms with Gasteiger partial charge in [0, 0.05) is 22.9 Å². The van der Waals surface area contributed by atoms with Crippen LogP contribution in [0.4, 0.5) is 11.4 Å². The first-order valence-corrected chi connectivity index (χ1v) is 11.0. The number of allylic oxidation sites excluding steroid dienone is 1. The van der Waals surface area contributed by atoms with E-state index in [0.717, 1.165) is 17.1 Å². The summed E-state index contributed by atoms with van der Waals surface area (Å²) in [5, 5.41) is 9.39. The standard InChI is InChI=1S/C25H24N2OS/c1-15-9-10-16(2)18(12-15)25-24-21(26-19-6-3-4-7-20(19)27-25)13-17(14-22(24)28)23-8-5-11-29-23/h3-13,17,24-27H,14H2,1-2H3. The number of hydrogen-bond donors (Lipinski definition) is 2. The molecule has 146 valence electrons. The number of benzene rings is 2. The Morgan fingerprint density at radius 2 is 1.83 bits per heavy atom. The van der Waals surface area contributed by atoms with Crippen molar-refractivity contribution in [2.45, 2.75) is 32.2 Å². The molecule has 4 heteroatoms. The minimum Gasteiger partial charge on any atom is -0.375 e. The average molecular weight is 401 g/mol. The first kappa shape index (κ1) is 18.2. The summed E-state index contributed by atoms with van der Waals surface area (Å²) in [7, 11) is 0. The van der Waals surface area contributed by atoms with Gasteiger partial charge in [0.25, 0.3) is 0 Å². The third-order valence-corrected chi connectivity index (χ3v) is 7.02. The molecule has 0 fully saturated rings. The van der Waals surface area contributed by atoms with Crippen molar-refractivity contribution in [2.75, 3.05) is 10.6 Å². The highest BCUT2D eigenvalue weighted by Gasteiger charge is 2.40. The highest BCUT2D eigenvalue weighted by molar-refractivity contribution is 7.10. The normalized spacial score (nSPS) is 23.2. The van der Waals surface area contributed by atoms with Crippen LogP contribution in [0, 0.1) is 19.8 Å². The Morgan fingerprint density at radius 1 is 1.00 bits per heavy atom. The molecule has 0 radical (unpaired) electrons. The van der Waals surface area contributed by atoms with Crippen LogP contribution in [-0.4, -0.2) is 5.78 Å². The average Bonchev–Trinajstić information content (AvgIpc) is 3.19. The van der Waals surface area contributed by atoms with Crippen LogP contribution < -0.4 is 10.6 Å². The highest BCUT2D eigenvalue weighted by Crippen LogP contribution is 2.45. The van der Waals surface area contributed by atoms with Gasteiger partial charge < -0.3 is 10.6 Å².